The lowest BCUT2D eigenvalue weighted by molar-refractivity contribution is -0.128. The standard InChI is InChI=1S/C17H28N2O2/c1-11-8-9-15(14(10-11)12(2)18-7)21-13(3)16(20)19-17(4,5)6/h8-10,12-13,18H,1-7H3,(H,19,20). The lowest BCUT2D eigenvalue weighted by atomic mass is 10.0. The van der Waals surface area contributed by atoms with Crippen molar-refractivity contribution in [3.8, 4) is 5.75 Å². The lowest BCUT2D eigenvalue weighted by Crippen LogP contribution is -2.46. The lowest BCUT2D eigenvalue weighted by Gasteiger charge is -2.25. The number of rotatable bonds is 5. The fraction of sp³-hybridized carbons (Fsp3) is 0.588. The van der Waals surface area contributed by atoms with Crippen molar-refractivity contribution < 1.29 is 9.53 Å². The number of carbonyl (C=O) groups excluding carboxylic acids is 1. The summed E-state index contributed by atoms with van der Waals surface area (Å²) in [5.41, 5.74) is 1.97. The topological polar surface area (TPSA) is 50.4 Å². The molecule has 0 spiro atoms. The van der Waals surface area contributed by atoms with E-state index in [0.29, 0.717) is 0 Å². The Morgan fingerprint density at radius 3 is 2.38 bits per heavy atom. The summed E-state index contributed by atoms with van der Waals surface area (Å²) in [5.74, 6) is 0.644. The molecule has 0 bridgehead atoms. The van der Waals surface area contributed by atoms with Gasteiger partial charge in [0.15, 0.2) is 6.10 Å². The van der Waals surface area contributed by atoms with E-state index in [1.54, 1.807) is 6.92 Å². The van der Waals surface area contributed by atoms with Crippen LogP contribution in [-0.2, 0) is 4.79 Å². The maximum atomic E-state index is 12.1. The van der Waals surface area contributed by atoms with Crippen LogP contribution in [0, 0.1) is 6.92 Å². The molecule has 0 aliphatic heterocycles. The zero-order valence-corrected chi connectivity index (χ0v) is 14.2. The summed E-state index contributed by atoms with van der Waals surface area (Å²) in [7, 11) is 1.91. The van der Waals surface area contributed by atoms with Gasteiger partial charge in [-0.25, -0.2) is 0 Å². The summed E-state index contributed by atoms with van der Waals surface area (Å²) in [4.78, 5) is 12.1. The number of benzene rings is 1. The molecule has 0 radical (unpaired) electrons. The summed E-state index contributed by atoms with van der Waals surface area (Å²) >= 11 is 0. The van der Waals surface area contributed by atoms with Crippen LogP contribution in [0.1, 0.15) is 51.8 Å². The molecule has 2 unspecified atom stereocenters. The number of hydrogen-bond acceptors (Lipinski definition) is 3. The van der Waals surface area contributed by atoms with E-state index < -0.39 is 6.10 Å². The van der Waals surface area contributed by atoms with Gasteiger partial charge in [0.2, 0.25) is 0 Å². The van der Waals surface area contributed by atoms with Gasteiger partial charge < -0.3 is 15.4 Å². The van der Waals surface area contributed by atoms with Crippen molar-refractivity contribution in [2.75, 3.05) is 7.05 Å². The summed E-state index contributed by atoms with van der Waals surface area (Å²) in [6.07, 6.45) is -0.533. The maximum Gasteiger partial charge on any atom is 0.261 e. The van der Waals surface area contributed by atoms with E-state index in [4.69, 9.17) is 4.74 Å². The Hall–Kier alpha value is -1.55. The molecule has 4 heteroatoms. The van der Waals surface area contributed by atoms with Crippen molar-refractivity contribution >= 4 is 5.91 Å². The predicted molar refractivity (Wildman–Crippen MR) is 86.6 cm³/mol. The zero-order valence-electron chi connectivity index (χ0n) is 14.2. The molecule has 1 amide bonds. The number of aryl methyl sites for hydroxylation is 1. The normalized spacial score (nSPS) is 14.4. The van der Waals surface area contributed by atoms with Gasteiger partial charge in [0, 0.05) is 17.1 Å². The van der Waals surface area contributed by atoms with Crippen molar-refractivity contribution in [2.45, 2.75) is 59.2 Å². The first-order chi connectivity index (χ1) is 9.64. The molecule has 0 aliphatic carbocycles. The average Bonchev–Trinajstić information content (AvgIpc) is 2.37. The van der Waals surface area contributed by atoms with Crippen molar-refractivity contribution in [1.29, 1.82) is 0 Å². The van der Waals surface area contributed by atoms with E-state index in [2.05, 4.69) is 23.6 Å². The monoisotopic (exact) mass is 292 g/mol. The second-order valence-corrected chi connectivity index (χ2v) is 6.55. The highest BCUT2D eigenvalue weighted by atomic mass is 16.5. The van der Waals surface area contributed by atoms with E-state index in [1.165, 1.54) is 5.56 Å². The number of hydrogen-bond donors (Lipinski definition) is 2. The first-order valence-corrected chi connectivity index (χ1v) is 7.40. The van der Waals surface area contributed by atoms with Gasteiger partial charge in [0.05, 0.1) is 0 Å². The smallest absolute Gasteiger partial charge is 0.261 e. The summed E-state index contributed by atoms with van der Waals surface area (Å²) in [6.45, 7) is 11.8. The molecule has 0 fully saturated rings. The highest BCUT2D eigenvalue weighted by Gasteiger charge is 2.22. The quantitative estimate of drug-likeness (QED) is 0.877. The molecule has 2 atom stereocenters. The number of amides is 1. The fourth-order valence-corrected chi connectivity index (χ4v) is 1.98. The predicted octanol–water partition coefficient (Wildman–Crippen LogP) is 2.96. The fourth-order valence-electron chi connectivity index (χ4n) is 1.98. The maximum absolute atomic E-state index is 12.1. The van der Waals surface area contributed by atoms with Crippen LogP contribution in [0.5, 0.6) is 5.75 Å². The largest absolute Gasteiger partial charge is 0.481 e. The first-order valence-electron chi connectivity index (χ1n) is 7.40. The van der Waals surface area contributed by atoms with Gasteiger partial charge in [0.25, 0.3) is 5.91 Å². The van der Waals surface area contributed by atoms with Crippen LogP contribution in [-0.4, -0.2) is 24.6 Å². The summed E-state index contributed by atoms with van der Waals surface area (Å²) < 4.78 is 5.88. The molecular weight excluding hydrogens is 264 g/mol. The molecule has 0 aliphatic rings. The van der Waals surface area contributed by atoms with Crippen LogP contribution < -0.4 is 15.4 Å². The molecule has 2 N–H and O–H groups in total. The van der Waals surface area contributed by atoms with Crippen LogP contribution in [0.25, 0.3) is 0 Å². The van der Waals surface area contributed by atoms with E-state index >= 15 is 0 Å². The van der Waals surface area contributed by atoms with E-state index in [0.717, 1.165) is 11.3 Å². The Kier molecular flexibility index (Phi) is 5.78. The molecule has 21 heavy (non-hydrogen) atoms. The molecule has 1 aromatic rings. The first kappa shape index (κ1) is 17.5. The van der Waals surface area contributed by atoms with Gasteiger partial charge in [0.1, 0.15) is 5.75 Å². The average molecular weight is 292 g/mol. The van der Waals surface area contributed by atoms with E-state index in [9.17, 15) is 4.79 Å². The third kappa shape index (κ3) is 5.38. The summed E-state index contributed by atoms with van der Waals surface area (Å²) in [5, 5.41) is 6.14. The Morgan fingerprint density at radius 1 is 1.24 bits per heavy atom. The minimum Gasteiger partial charge on any atom is -0.481 e. The molecule has 118 valence electrons. The Labute approximate surface area is 128 Å². The van der Waals surface area contributed by atoms with Gasteiger partial charge in [-0.1, -0.05) is 17.7 Å². The minimum absolute atomic E-state index is 0.105. The van der Waals surface area contributed by atoms with Gasteiger partial charge >= 0.3 is 0 Å². The highest BCUT2D eigenvalue weighted by Crippen LogP contribution is 2.27. The second kappa shape index (κ2) is 6.94. The number of carbonyl (C=O) groups is 1. The van der Waals surface area contributed by atoms with Crippen LogP contribution in [0.2, 0.25) is 0 Å². The summed E-state index contributed by atoms with van der Waals surface area (Å²) in [6, 6.07) is 6.18. The molecule has 0 heterocycles. The molecule has 0 saturated carbocycles. The minimum atomic E-state index is -0.533. The van der Waals surface area contributed by atoms with Crippen LogP contribution >= 0.6 is 0 Å². The molecule has 0 aromatic heterocycles. The molecule has 1 rings (SSSR count). The van der Waals surface area contributed by atoms with Gasteiger partial charge in [-0.3, -0.25) is 4.79 Å². The van der Waals surface area contributed by atoms with Gasteiger partial charge in [-0.15, -0.1) is 0 Å². The molecular formula is C17H28N2O2. The second-order valence-electron chi connectivity index (χ2n) is 6.55. The third-order valence-corrected chi connectivity index (χ3v) is 3.24. The molecule has 4 nitrogen and oxygen atoms in total. The SMILES string of the molecule is CNC(C)c1cc(C)ccc1OC(C)C(=O)NC(C)(C)C. The molecule has 0 saturated heterocycles. The van der Waals surface area contributed by atoms with Crippen molar-refractivity contribution in [3.63, 3.8) is 0 Å². The highest BCUT2D eigenvalue weighted by molar-refractivity contribution is 5.81. The van der Waals surface area contributed by atoms with Crippen LogP contribution in [0.15, 0.2) is 18.2 Å². The van der Waals surface area contributed by atoms with E-state index in [-0.39, 0.29) is 17.5 Å². The van der Waals surface area contributed by atoms with Gasteiger partial charge in [-0.05, 0) is 54.7 Å². The Balaban J connectivity index is 2.89. The van der Waals surface area contributed by atoms with Crippen LogP contribution in [0.3, 0.4) is 0 Å². The third-order valence-electron chi connectivity index (χ3n) is 3.24. The Morgan fingerprint density at radius 2 is 1.86 bits per heavy atom. The number of nitrogens with one attached hydrogen (secondary N) is 2. The van der Waals surface area contributed by atoms with Crippen LogP contribution in [0.4, 0.5) is 0 Å². The van der Waals surface area contributed by atoms with Crippen molar-refractivity contribution in [3.05, 3.63) is 29.3 Å². The van der Waals surface area contributed by atoms with Crippen molar-refractivity contribution in [2.24, 2.45) is 0 Å². The van der Waals surface area contributed by atoms with Gasteiger partial charge in [-0.2, -0.15) is 0 Å². The molecule has 1 aromatic carbocycles. The van der Waals surface area contributed by atoms with Crippen molar-refractivity contribution in [1.82, 2.24) is 10.6 Å². The Bertz CT molecular complexity index is 492. The van der Waals surface area contributed by atoms with E-state index in [1.807, 2.05) is 46.9 Å². The zero-order chi connectivity index (χ0) is 16.2. The number of ether oxygens (including phenoxy) is 1.